The fraction of sp³-hybridized carbons (Fsp3) is 0.360. The lowest BCUT2D eigenvalue weighted by molar-refractivity contribution is -0.132. The molecule has 3 aromatic rings. The summed E-state index contributed by atoms with van der Waals surface area (Å²) in [5, 5.41) is 1.95. The maximum atomic E-state index is 12.9. The average Bonchev–Trinajstić information content (AvgIpc) is 2.82. The summed E-state index contributed by atoms with van der Waals surface area (Å²) in [5.41, 5.74) is 3.16. The molecule has 0 unspecified atom stereocenters. The van der Waals surface area contributed by atoms with Gasteiger partial charge in [-0.25, -0.2) is 4.98 Å². The molecule has 0 aliphatic carbocycles. The van der Waals surface area contributed by atoms with Crippen LogP contribution >= 0.6 is 11.8 Å². The Morgan fingerprint density at radius 2 is 2.00 bits per heavy atom. The molecule has 1 atom stereocenters. The number of hydrogen-bond donors (Lipinski definition) is 0. The van der Waals surface area contributed by atoms with Crippen molar-refractivity contribution in [2.45, 2.75) is 43.7 Å². The summed E-state index contributed by atoms with van der Waals surface area (Å²) < 4.78 is 5.40. The van der Waals surface area contributed by atoms with Crippen LogP contribution in [0.25, 0.3) is 22.0 Å². The van der Waals surface area contributed by atoms with Gasteiger partial charge in [-0.3, -0.25) is 4.79 Å². The first-order chi connectivity index (χ1) is 14.7. The minimum Gasteiger partial charge on any atom is -0.497 e. The molecule has 5 heteroatoms. The minimum absolute atomic E-state index is 0.223. The van der Waals surface area contributed by atoms with E-state index < -0.39 is 0 Å². The largest absolute Gasteiger partial charge is 0.497 e. The van der Waals surface area contributed by atoms with Gasteiger partial charge in [0.05, 0.1) is 23.4 Å². The summed E-state index contributed by atoms with van der Waals surface area (Å²) in [5.74, 6) is 1.43. The Morgan fingerprint density at radius 1 is 1.17 bits per heavy atom. The SMILES string of the molecule is CC[C@@H]1CCCCN1C(=O)CSc1cc(-c2ccccc2)c2ccc(OC)cc2n1. The Hall–Kier alpha value is -2.53. The van der Waals surface area contributed by atoms with Crippen LogP contribution in [0.1, 0.15) is 32.6 Å². The average molecular weight is 421 g/mol. The zero-order valence-electron chi connectivity index (χ0n) is 17.6. The van der Waals surface area contributed by atoms with Crippen molar-refractivity contribution < 1.29 is 9.53 Å². The van der Waals surface area contributed by atoms with Crippen molar-refractivity contribution in [2.75, 3.05) is 19.4 Å². The van der Waals surface area contributed by atoms with Crippen LogP contribution in [0, 0.1) is 0 Å². The van der Waals surface area contributed by atoms with Crippen molar-refractivity contribution in [2.24, 2.45) is 0 Å². The molecule has 0 spiro atoms. The number of piperidine rings is 1. The number of amides is 1. The number of thioether (sulfide) groups is 1. The Labute approximate surface area is 182 Å². The molecule has 1 amide bonds. The molecule has 2 heterocycles. The Kier molecular flexibility index (Phi) is 6.58. The molecule has 4 nitrogen and oxygen atoms in total. The number of methoxy groups -OCH3 is 1. The van der Waals surface area contributed by atoms with Gasteiger partial charge in [0, 0.05) is 24.0 Å². The molecule has 30 heavy (non-hydrogen) atoms. The van der Waals surface area contributed by atoms with Gasteiger partial charge in [0.15, 0.2) is 0 Å². The summed E-state index contributed by atoms with van der Waals surface area (Å²) in [4.78, 5) is 19.8. The number of carbonyl (C=O) groups excluding carboxylic acids is 1. The van der Waals surface area contributed by atoms with Crippen LogP contribution in [0.5, 0.6) is 5.75 Å². The van der Waals surface area contributed by atoms with E-state index in [0.717, 1.165) is 58.6 Å². The van der Waals surface area contributed by atoms with Crippen molar-refractivity contribution in [1.82, 2.24) is 9.88 Å². The second-order valence-electron chi connectivity index (χ2n) is 7.69. The lowest BCUT2D eigenvalue weighted by Crippen LogP contribution is -2.44. The molecule has 1 aliphatic heterocycles. The number of aromatic nitrogens is 1. The Balaban J connectivity index is 1.63. The highest BCUT2D eigenvalue weighted by Crippen LogP contribution is 2.33. The number of likely N-dealkylation sites (tertiary alicyclic amines) is 1. The number of nitrogens with zero attached hydrogens (tertiary/aromatic N) is 2. The summed E-state index contributed by atoms with van der Waals surface area (Å²) in [6.07, 6.45) is 4.49. The summed E-state index contributed by atoms with van der Waals surface area (Å²) in [7, 11) is 1.67. The second kappa shape index (κ2) is 9.52. The van der Waals surface area contributed by atoms with Crippen LogP contribution in [0.15, 0.2) is 59.6 Å². The molecule has 0 saturated carbocycles. The van der Waals surface area contributed by atoms with Crippen molar-refractivity contribution in [3.8, 4) is 16.9 Å². The predicted molar refractivity (Wildman–Crippen MR) is 124 cm³/mol. The van der Waals surface area contributed by atoms with Crippen molar-refractivity contribution in [3.05, 3.63) is 54.6 Å². The Bertz CT molecular complexity index is 1020. The maximum absolute atomic E-state index is 12.9. The normalized spacial score (nSPS) is 16.6. The maximum Gasteiger partial charge on any atom is 0.233 e. The molecule has 0 N–H and O–H groups in total. The minimum atomic E-state index is 0.223. The fourth-order valence-corrected chi connectivity index (χ4v) is 5.01. The molecule has 1 aromatic heterocycles. The van der Waals surface area contributed by atoms with Crippen molar-refractivity contribution >= 4 is 28.6 Å². The van der Waals surface area contributed by atoms with E-state index >= 15 is 0 Å². The number of benzene rings is 2. The number of rotatable bonds is 6. The van der Waals surface area contributed by atoms with E-state index in [4.69, 9.17) is 9.72 Å². The zero-order chi connectivity index (χ0) is 20.9. The highest BCUT2D eigenvalue weighted by molar-refractivity contribution is 7.99. The zero-order valence-corrected chi connectivity index (χ0v) is 18.5. The second-order valence-corrected chi connectivity index (χ2v) is 8.69. The fourth-order valence-electron chi connectivity index (χ4n) is 4.21. The highest BCUT2D eigenvalue weighted by atomic mass is 32.2. The molecule has 1 saturated heterocycles. The van der Waals surface area contributed by atoms with Gasteiger partial charge in [0.2, 0.25) is 5.91 Å². The summed E-state index contributed by atoms with van der Waals surface area (Å²) in [6, 6.07) is 18.8. The van der Waals surface area contributed by atoms with Gasteiger partial charge in [-0.05, 0) is 55.0 Å². The first-order valence-electron chi connectivity index (χ1n) is 10.7. The van der Waals surface area contributed by atoms with Gasteiger partial charge < -0.3 is 9.64 Å². The molecule has 4 rings (SSSR count). The van der Waals surface area contributed by atoms with Crippen LogP contribution < -0.4 is 4.74 Å². The van der Waals surface area contributed by atoms with Gasteiger partial charge in [0.1, 0.15) is 5.75 Å². The third-order valence-electron chi connectivity index (χ3n) is 5.84. The monoisotopic (exact) mass is 420 g/mol. The van der Waals surface area contributed by atoms with Crippen LogP contribution in [0.2, 0.25) is 0 Å². The lowest BCUT2D eigenvalue weighted by Gasteiger charge is -2.35. The highest BCUT2D eigenvalue weighted by Gasteiger charge is 2.25. The summed E-state index contributed by atoms with van der Waals surface area (Å²) >= 11 is 1.53. The molecular formula is C25H28N2O2S. The van der Waals surface area contributed by atoms with Gasteiger partial charge in [0.25, 0.3) is 0 Å². The van der Waals surface area contributed by atoms with Crippen LogP contribution in [0.3, 0.4) is 0 Å². The Morgan fingerprint density at radius 3 is 2.77 bits per heavy atom. The van der Waals surface area contributed by atoms with Gasteiger partial charge in [-0.15, -0.1) is 0 Å². The van der Waals surface area contributed by atoms with E-state index in [9.17, 15) is 4.79 Å². The predicted octanol–water partition coefficient (Wildman–Crippen LogP) is 5.79. The van der Waals surface area contributed by atoms with E-state index in [1.54, 1.807) is 7.11 Å². The topological polar surface area (TPSA) is 42.4 Å². The first-order valence-corrected chi connectivity index (χ1v) is 11.6. The molecule has 1 aliphatic rings. The van der Waals surface area contributed by atoms with Gasteiger partial charge in [-0.1, -0.05) is 49.0 Å². The van der Waals surface area contributed by atoms with Crippen molar-refractivity contribution in [1.29, 1.82) is 0 Å². The summed E-state index contributed by atoms with van der Waals surface area (Å²) in [6.45, 7) is 3.06. The van der Waals surface area contributed by atoms with Crippen LogP contribution in [-0.4, -0.2) is 41.2 Å². The number of fused-ring (bicyclic) bond motifs is 1. The number of carbonyl (C=O) groups is 1. The molecule has 2 aromatic carbocycles. The van der Waals surface area contributed by atoms with E-state index in [-0.39, 0.29) is 5.91 Å². The van der Waals surface area contributed by atoms with E-state index in [0.29, 0.717) is 11.8 Å². The molecule has 0 radical (unpaired) electrons. The number of hydrogen-bond acceptors (Lipinski definition) is 4. The van der Waals surface area contributed by atoms with Gasteiger partial charge in [-0.2, -0.15) is 0 Å². The smallest absolute Gasteiger partial charge is 0.233 e. The third-order valence-corrected chi connectivity index (χ3v) is 6.74. The first kappa shape index (κ1) is 20.7. The van der Waals surface area contributed by atoms with E-state index in [1.807, 2.05) is 30.3 Å². The van der Waals surface area contributed by atoms with E-state index in [1.165, 1.54) is 18.2 Å². The van der Waals surface area contributed by atoms with Crippen LogP contribution in [-0.2, 0) is 4.79 Å². The number of ether oxygens (including phenoxy) is 1. The quantitative estimate of drug-likeness (QED) is 0.473. The lowest BCUT2D eigenvalue weighted by atomic mass is 10.0. The number of pyridine rings is 1. The third kappa shape index (κ3) is 4.46. The molecular weight excluding hydrogens is 392 g/mol. The molecule has 156 valence electrons. The van der Waals surface area contributed by atoms with Gasteiger partial charge >= 0.3 is 0 Å². The molecule has 0 bridgehead atoms. The standard InChI is InChI=1S/C25H28N2O2S/c1-3-19-11-7-8-14-27(19)25(28)17-30-24-16-22(18-9-5-4-6-10-18)21-13-12-20(29-2)15-23(21)26-24/h4-6,9-10,12-13,15-16,19H,3,7-8,11,14,17H2,1-2H3/t19-/m1/s1. The van der Waals surface area contributed by atoms with Crippen LogP contribution in [0.4, 0.5) is 0 Å². The van der Waals surface area contributed by atoms with E-state index in [2.05, 4.69) is 36.1 Å². The van der Waals surface area contributed by atoms with Crippen molar-refractivity contribution in [3.63, 3.8) is 0 Å². The molecule has 1 fully saturated rings.